The molecule has 2 aromatic carbocycles. The summed E-state index contributed by atoms with van der Waals surface area (Å²) in [5.74, 6) is -1.06. The molecule has 0 saturated carbocycles. The van der Waals surface area contributed by atoms with E-state index in [4.69, 9.17) is 23.2 Å². The van der Waals surface area contributed by atoms with Gasteiger partial charge in [-0.3, -0.25) is 9.59 Å². The molecule has 0 spiro atoms. The van der Waals surface area contributed by atoms with Gasteiger partial charge in [0.05, 0.1) is 10.6 Å². The van der Waals surface area contributed by atoms with Crippen molar-refractivity contribution in [2.75, 3.05) is 6.54 Å². The van der Waals surface area contributed by atoms with Crippen LogP contribution in [0.1, 0.15) is 22.3 Å². The normalized spacial score (nSPS) is 10.2. The standard InChI is InChI=1S/C17H16Cl2N2O3/c18-12-8-13(19)16(14(22)9-12)17(24)20-7-6-15(23)21-10-11-4-2-1-3-5-11/h1-5,8-9,22H,6-7,10H2,(H,20,24)(H,21,23). The molecule has 7 heteroatoms. The van der Waals surface area contributed by atoms with Crippen molar-refractivity contribution in [2.24, 2.45) is 0 Å². The minimum absolute atomic E-state index is 0.0472. The van der Waals surface area contributed by atoms with E-state index in [1.54, 1.807) is 0 Å². The van der Waals surface area contributed by atoms with Gasteiger partial charge in [0, 0.05) is 24.5 Å². The SMILES string of the molecule is O=C(CCNC(=O)c1c(O)cc(Cl)cc1Cl)NCc1ccccc1. The third-order valence-corrected chi connectivity index (χ3v) is 3.75. The number of benzene rings is 2. The lowest BCUT2D eigenvalue weighted by Crippen LogP contribution is -2.30. The lowest BCUT2D eigenvalue weighted by atomic mass is 10.2. The van der Waals surface area contributed by atoms with Crippen LogP contribution in [-0.2, 0) is 11.3 Å². The highest BCUT2D eigenvalue weighted by Crippen LogP contribution is 2.29. The summed E-state index contributed by atoms with van der Waals surface area (Å²) < 4.78 is 0. The van der Waals surface area contributed by atoms with Gasteiger partial charge in [-0.15, -0.1) is 0 Å². The van der Waals surface area contributed by atoms with E-state index in [0.717, 1.165) is 5.56 Å². The Morgan fingerprint density at radius 2 is 1.75 bits per heavy atom. The predicted octanol–water partition coefficient (Wildman–Crippen LogP) is 3.14. The highest BCUT2D eigenvalue weighted by molar-refractivity contribution is 6.37. The maximum absolute atomic E-state index is 12.0. The number of aromatic hydroxyl groups is 1. The fourth-order valence-electron chi connectivity index (χ4n) is 2.05. The molecule has 0 heterocycles. The van der Waals surface area contributed by atoms with Gasteiger partial charge in [0.1, 0.15) is 5.75 Å². The molecule has 2 aromatic rings. The molecule has 0 bridgehead atoms. The Morgan fingerprint density at radius 1 is 1.04 bits per heavy atom. The van der Waals surface area contributed by atoms with Gasteiger partial charge in [0.25, 0.3) is 5.91 Å². The fraction of sp³-hybridized carbons (Fsp3) is 0.176. The molecule has 5 nitrogen and oxygen atoms in total. The molecule has 0 aliphatic heterocycles. The van der Waals surface area contributed by atoms with Gasteiger partial charge < -0.3 is 15.7 Å². The van der Waals surface area contributed by atoms with Gasteiger partial charge in [0.15, 0.2) is 0 Å². The second kappa shape index (κ2) is 8.57. The molecule has 0 unspecified atom stereocenters. The third kappa shape index (κ3) is 5.15. The molecule has 0 radical (unpaired) electrons. The zero-order valence-electron chi connectivity index (χ0n) is 12.7. The largest absolute Gasteiger partial charge is 0.507 e. The number of nitrogens with one attached hydrogen (secondary N) is 2. The average molecular weight is 367 g/mol. The van der Waals surface area contributed by atoms with Crippen LogP contribution in [0.3, 0.4) is 0 Å². The molecule has 24 heavy (non-hydrogen) atoms. The number of amides is 2. The molecular weight excluding hydrogens is 351 g/mol. The van der Waals surface area contributed by atoms with E-state index >= 15 is 0 Å². The first-order valence-electron chi connectivity index (χ1n) is 7.24. The number of rotatable bonds is 6. The number of carbonyl (C=O) groups excluding carboxylic acids is 2. The summed E-state index contributed by atoms with van der Waals surface area (Å²) in [7, 11) is 0. The lowest BCUT2D eigenvalue weighted by Gasteiger charge is -2.09. The summed E-state index contributed by atoms with van der Waals surface area (Å²) in [6, 6.07) is 12.1. The molecular formula is C17H16Cl2N2O3. The van der Waals surface area contributed by atoms with Crippen LogP contribution in [-0.4, -0.2) is 23.5 Å². The van der Waals surface area contributed by atoms with Crippen LogP contribution in [0.2, 0.25) is 10.0 Å². The first kappa shape index (κ1) is 18.1. The van der Waals surface area contributed by atoms with Crippen molar-refractivity contribution in [1.29, 1.82) is 0 Å². The minimum Gasteiger partial charge on any atom is -0.507 e. The number of hydrogen-bond acceptors (Lipinski definition) is 3. The first-order valence-corrected chi connectivity index (χ1v) is 8.00. The minimum atomic E-state index is -0.565. The molecule has 2 amide bonds. The van der Waals surface area contributed by atoms with Crippen molar-refractivity contribution in [3.05, 3.63) is 63.6 Å². The molecule has 0 aliphatic rings. The van der Waals surface area contributed by atoms with Gasteiger partial charge in [-0.25, -0.2) is 0 Å². The lowest BCUT2D eigenvalue weighted by molar-refractivity contribution is -0.121. The number of hydrogen-bond donors (Lipinski definition) is 3. The zero-order valence-corrected chi connectivity index (χ0v) is 14.2. The molecule has 2 rings (SSSR count). The summed E-state index contributed by atoms with van der Waals surface area (Å²) in [5.41, 5.74) is 0.929. The van der Waals surface area contributed by atoms with E-state index in [1.165, 1.54) is 12.1 Å². The third-order valence-electron chi connectivity index (χ3n) is 3.23. The maximum Gasteiger partial charge on any atom is 0.256 e. The van der Waals surface area contributed by atoms with Crippen LogP contribution in [0.4, 0.5) is 0 Å². The van der Waals surface area contributed by atoms with Gasteiger partial charge in [-0.1, -0.05) is 53.5 Å². The quantitative estimate of drug-likeness (QED) is 0.734. The molecule has 0 saturated heterocycles. The monoisotopic (exact) mass is 366 g/mol. The Bertz CT molecular complexity index is 713. The Labute approximate surface area is 149 Å². The van der Waals surface area contributed by atoms with Crippen LogP contribution >= 0.6 is 23.2 Å². The van der Waals surface area contributed by atoms with Gasteiger partial charge in [-0.05, 0) is 17.7 Å². The van der Waals surface area contributed by atoms with Crippen molar-refractivity contribution >= 4 is 35.0 Å². The molecule has 0 atom stereocenters. The predicted molar refractivity (Wildman–Crippen MR) is 93.4 cm³/mol. The van der Waals surface area contributed by atoms with Crippen molar-refractivity contribution in [2.45, 2.75) is 13.0 Å². The van der Waals surface area contributed by atoms with Crippen molar-refractivity contribution in [3.8, 4) is 5.75 Å². The van der Waals surface area contributed by atoms with Gasteiger partial charge >= 0.3 is 0 Å². The molecule has 0 fully saturated rings. The number of phenolic OH excluding ortho intramolecular Hbond substituents is 1. The number of carbonyl (C=O) groups is 2. The van der Waals surface area contributed by atoms with Gasteiger partial charge in [-0.2, -0.15) is 0 Å². The van der Waals surface area contributed by atoms with E-state index in [9.17, 15) is 14.7 Å². The summed E-state index contributed by atoms with van der Waals surface area (Å²) in [4.78, 5) is 23.8. The highest BCUT2D eigenvalue weighted by atomic mass is 35.5. The van der Waals surface area contributed by atoms with Crippen LogP contribution in [0.25, 0.3) is 0 Å². The van der Waals surface area contributed by atoms with Crippen LogP contribution in [0.5, 0.6) is 5.75 Å². The van der Waals surface area contributed by atoms with Crippen molar-refractivity contribution in [3.63, 3.8) is 0 Å². The van der Waals surface area contributed by atoms with Crippen LogP contribution in [0.15, 0.2) is 42.5 Å². The van der Waals surface area contributed by atoms with E-state index in [1.807, 2.05) is 30.3 Å². The Balaban J connectivity index is 1.79. The Morgan fingerprint density at radius 3 is 2.42 bits per heavy atom. The number of halogens is 2. The van der Waals surface area contributed by atoms with Crippen LogP contribution < -0.4 is 10.6 Å². The van der Waals surface area contributed by atoms with Crippen molar-refractivity contribution < 1.29 is 14.7 Å². The topological polar surface area (TPSA) is 78.4 Å². The first-order chi connectivity index (χ1) is 11.5. The maximum atomic E-state index is 12.0. The smallest absolute Gasteiger partial charge is 0.256 e. The second-order valence-corrected chi connectivity index (χ2v) is 5.89. The summed E-state index contributed by atoms with van der Waals surface area (Å²) in [6.07, 6.45) is 0.116. The fourth-order valence-corrected chi connectivity index (χ4v) is 2.62. The summed E-state index contributed by atoms with van der Waals surface area (Å²) >= 11 is 11.6. The second-order valence-electron chi connectivity index (χ2n) is 5.05. The van der Waals surface area contributed by atoms with E-state index in [2.05, 4.69) is 10.6 Å². The average Bonchev–Trinajstić information content (AvgIpc) is 2.53. The van der Waals surface area contributed by atoms with Crippen molar-refractivity contribution in [1.82, 2.24) is 10.6 Å². The molecule has 0 aliphatic carbocycles. The Kier molecular flexibility index (Phi) is 6.46. The molecule has 0 aromatic heterocycles. The molecule has 3 N–H and O–H groups in total. The summed E-state index contributed by atoms with van der Waals surface area (Å²) in [6.45, 7) is 0.551. The summed E-state index contributed by atoms with van der Waals surface area (Å²) in [5, 5.41) is 15.3. The van der Waals surface area contributed by atoms with E-state index < -0.39 is 5.91 Å². The zero-order chi connectivity index (χ0) is 17.5. The molecule has 126 valence electrons. The number of phenols is 1. The highest BCUT2D eigenvalue weighted by Gasteiger charge is 2.16. The van der Waals surface area contributed by atoms with E-state index in [0.29, 0.717) is 6.54 Å². The van der Waals surface area contributed by atoms with Crippen LogP contribution in [0, 0.1) is 0 Å². The van der Waals surface area contributed by atoms with E-state index in [-0.39, 0.29) is 40.2 Å². The van der Waals surface area contributed by atoms with Gasteiger partial charge in [0.2, 0.25) is 5.91 Å². The Hall–Kier alpha value is -2.24.